The van der Waals surface area contributed by atoms with Crippen LogP contribution in [0, 0.1) is 6.92 Å². The molecule has 0 atom stereocenters. The number of amidine groups is 1. The quantitative estimate of drug-likeness (QED) is 0.592. The highest BCUT2D eigenvalue weighted by Gasteiger charge is 2.35. The van der Waals surface area contributed by atoms with Crippen LogP contribution in [0.3, 0.4) is 0 Å². The minimum Gasteiger partial charge on any atom is -0.331 e. The first-order valence-corrected chi connectivity index (χ1v) is 11.2. The van der Waals surface area contributed by atoms with Gasteiger partial charge in [0.1, 0.15) is 11.6 Å². The van der Waals surface area contributed by atoms with Crippen molar-refractivity contribution in [2.24, 2.45) is 10.7 Å². The highest BCUT2D eigenvalue weighted by Crippen LogP contribution is 2.39. The van der Waals surface area contributed by atoms with E-state index in [-0.39, 0.29) is 23.3 Å². The normalized spacial score (nSPS) is 21.5. The molecule has 1 aromatic heterocycles. The Morgan fingerprint density at radius 3 is 2.42 bits per heavy atom. The zero-order valence-electron chi connectivity index (χ0n) is 19.1. The van der Waals surface area contributed by atoms with Gasteiger partial charge < -0.3 is 16.4 Å². The Hall–Kier alpha value is -2.94. The maximum atomic E-state index is 13.8. The van der Waals surface area contributed by atoms with E-state index in [2.05, 4.69) is 20.6 Å². The van der Waals surface area contributed by atoms with Crippen LogP contribution in [0.5, 0.6) is 0 Å². The molecule has 2 aromatic rings. The number of alkyl halides is 3. The van der Waals surface area contributed by atoms with Crippen molar-refractivity contribution in [3.63, 3.8) is 0 Å². The van der Waals surface area contributed by atoms with Crippen molar-refractivity contribution in [1.82, 2.24) is 15.3 Å². The predicted octanol–water partition coefficient (Wildman–Crippen LogP) is 5.12. The lowest BCUT2D eigenvalue weighted by molar-refractivity contribution is -0.137. The summed E-state index contributed by atoms with van der Waals surface area (Å²) in [6, 6.07) is 5.62. The third-order valence-corrected chi connectivity index (χ3v) is 6.34. The van der Waals surface area contributed by atoms with Crippen LogP contribution in [0.4, 0.5) is 19.0 Å². The number of nitrogens with two attached hydrogens (primary N) is 1. The molecule has 0 bridgehead atoms. The number of nitrogens with zero attached hydrogens (tertiary/aromatic N) is 3. The Bertz CT molecular complexity index is 1100. The van der Waals surface area contributed by atoms with E-state index in [4.69, 9.17) is 10.7 Å². The van der Waals surface area contributed by atoms with E-state index in [1.807, 2.05) is 20.8 Å². The van der Waals surface area contributed by atoms with Gasteiger partial charge in [0.2, 0.25) is 0 Å². The fraction of sp³-hybridized carbons (Fsp3) is 0.458. The second kappa shape index (κ2) is 9.13. The van der Waals surface area contributed by atoms with Gasteiger partial charge in [-0.1, -0.05) is 18.2 Å². The first kappa shape index (κ1) is 23.2. The fourth-order valence-corrected chi connectivity index (χ4v) is 4.39. The summed E-state index contributed by atoms with van der Waals surface area (Å²) < 4.78 is 41.3. The summed E-state index contributed by atoms with van der Waals surface area (Å²) in [4.78, 5) is 13.6. The van der Waals surface area contributed by atoms with E-state index in [0.29, 0.717) is 12.4 Å². The largest absolute Gasteiger partial charge is 0.417 e. The molecule has 176 valence electrons. The van der Waals surface area contributed by atoms with Gasteiger partial charge >= 0.3 is 6.18 Å². The molecule has 0 unspecified atom stereocenters. The number of hydrogen-bond acceptors (Lipinski definition) is 6. The molecule has 1 saturated carbocycles. The maximum Gasteiger partial charge on any atom is 0.417 e. The van der Waals surface area contributed by atoms with Crippen LogP contribution in [0.2, 0.25) is 0 Å². The van der Waals surface area contributed by atoms with Gasteiger partial charge in [-0.15, -0.1) is 0 Å². The molecule has 2 aliphatic rings. The number of aromatic nitrogens is 2. The molecule has 4 N–H and O–H groups in total. The molecule has 9 heteroatoms. The van der Waals surface area contributed by atoms with Crippen LogP contribution in [-0.4, -0.2) is 28.4 Å². The van der Waals surface area contributed by atoms with Crippen LogP contribution in [0.25, 0.3) is 11.4 Å². The molecule has 6 nitrogen and oxygen atoms in total. The number of benzene rings is 1. The third-order valence-electron chi connectivity index (χ3n) is 6.34. The Morgan fingerprint density at radius 1 is 1.03 bits per heavy atom. The van der Waals surface area contributed by atoms with Gasteiger partial charge in [-0.3, -0.25) is 4.99 Å². The van der Waals surface area contributed by atoms with Gasteiger partial charge in [-0.05, 0) is 58.1 Å². The molecule has 1 aliphatic heterocycles. The van der Waals surface area contributed by atoms with Crippen LogP contribution in [0.1, 0.15) is 62.3 Å². The Kier molecular flexibility index (Phi) is 6.43. The lowest BCUT2D eigenvalue weighted by Crippen LogP contribution is -2.31. The molecule has 4 rings (SSSR count). The molecule has 33 heavy (non-hydrogen) atoms. The topological polar surface area (TPSA) is 88.2 Å². The van der Waals surface area contributed by atoms with Crippen LogP contribution in [-0.2, 0) is 6.18 Å². The van der Waals surface area contributed by atoms with E-state index in [9.17, 15) is 13.2 Å². The van der Waals surface area contributed by atoms with Crippen molar-refractivity contribution >= 4 is 11.7 Å². The average Bonchev–Trinajstić information content (AvgIpc) is 2.78. The summed E-state index contributed by atoms with van der Waals surface area (Å²) in [6.45, 7) is 6.28. The Labute approximate surface area is 191 Å². The number of hydrogen-bond donors (Lipinski definition) is 3. The lowest BCUT2D eigenvalue weighted by atomic mass is 9.83. The monoisotopic (exact) mass is 458 g/mol. The van der Waals surface area contributed by atoms with E-state index < -0.39 is 11.7 Å². The van der Waals surface area contributed by atoms with Crippen molar-refractivity contribution in [3.8, 4) is 11.4 Å². The van der Waals surface area contributed by atoms with Crippen molar-refractivity contribution in [3.05, 3.63) is 52.5 Å². The molecule has 0 amide bonds. The van der Waals surface area contributed by atoms with Crippen molar-refractivity contribution < 1.29 is 13.2 Å². The summed E-state index contributed by atoms with van der Waals surface area (Å²) in [5.41, 5.74) is 7.93. The molecule has 1 aromatic carbocycles. The number of rotatable bonds is 4. The minimum absolute atomic E-state index is 0.0261. The van der Waals surface area contributed by atoms with Gasteiger partial charge in [0.05, 0.1) is 23.6 Å². The summed E-state index contributed by atoms with van der Waals surface area (Å²) in [5.74, 6) is 2.21. The first-order valence-electron chi connectivity index (χ1n) is 11.2. The maximum absolute atomic E-state index is 13.8. The molecule has 0 saturated heterocycles. The molecule has 0 radical (unpaired) electrons. The van der Waals surface area contributed by atoms with Crippen LogP contribution < -0.4 is 16.4 Å². The molecular weight excluding hydrogens is 429 g/mol. The summed E-state index contributed by atoms with van der Waals surface area (Å²) in [7, 11) is 0. The fourth-order valence-electron chi connectivity index (χ4n) is 4.39. The van der Waals surface area contributed by atoms with E-state index >= 15 is 0 Å². The lowest BCUT2D eigenvalue weighted by Gasteiger charge is -2.28. The summed E-state index contributed by atoms with van der Waals surface area (Å²) in [5, 5.41) is 6.52. The first-order chi connectivity index (χ1) is 15.6. The van der Waals surface area contributed by atoms with Crippen LogP contribution in [0.15, 0.2) is 40.7 Å². The van der Waals surface area contributed by atoms with Crippen LogP contribution >= 0.6 is 0 Å². The molecule has 1 fully saturated rings. The highest BCUT2D eigenvalue weighted by molar-refractivity contribution is 5.83. The zero-order valence-corrected chi connectivity index (χ0v) is 19.1. The average molecular weight is 459 g/mol. The SMILES string of the molecule is CC1=NCC(C)=C(Nc2nc(-c3ccccc3C(F)(F)F)nc(C3CCC(N)CC3)c2C)N1. The Morgan fingerprint density at radius 2 is 1.73 bits per heavy atom. The highest BCUT2D eigenvalue weighted by atomic mass is 19.4. The third kappa shape index (κ3) is 5.03. The standard InChI is InChI=1S/C24H29F3N6/c1-13-12-29-15(3)30-21(13)32-22-14(2)20(16-8-10-17(28)11-9-16)31-23(33-22)18-6-4-5-7-19(18)24(25,26)27/h4-7,16-17H,8-12,28H2,1-3H3,(H,29,30)(H,31,32,33). The number of halogens is 3. The minimum atomic E-state index is -4.51. The second-order valence-electron chi connectivity index (χ2n) is 8.87. The van der Waals surface area contributed by atoms with Gasteiger partial charge in [-0.25, -0.2) is 9.97 Å². The van der Waals surface area contributed by atoms with Gasteiger partial charge in [-0.2, -0.15) is 13.2 Å². The van der Waals surface area contributed by atoms with Crippen molar-refractivity contribution in [1.29, 1.82) is 0 Å². The summed E-state index contributed by atoms with van der Waals surface area (Å²) >= 11 is 0. The Balaban J connectivity index is 1.83. The molecule has 1 aliphatic carbocycles. The number of anilines is 1. The van der Waals surface area contributed by atoms with E-state index in [0.717, 1.165) is 60.2 Å². The van der Waals surface area contributed by atoms with E-state index in [1.165, 1.54) is 12.1 Å². The molecular formula is C24H29F3N6. The van der Waals surface area contributed by atoms with Crippen molar-refractivity contribution in [2.75, 3.05) is 11.9 Å². The number of nitrogens with one attached hydrogen (secondary N) is 2. The predicted molar refractivity (Wildman–Crippen MR) is 124 cm³/mol. The molecule has 0 spiro atoms. The molecule has 2 heterocycles. The number of aliphatic imine (C=N–C) groups is 1. The van der Waals surface area contributed by atoms with Gasteiger partial charge in [0, 0.05) is 23.1 Å². The van der Waals surface area contributed by atoms with Gasteiger partial charge in [0.25, 0.3) is 0 Å². The van der Waals surface area contributed by atoms with Crippen molar-refractivity contribution in [2.45, 2.75) is 64.6 Å². The summed E-state index contributed by atoms with van der Waals surface area (Å²) in [6.07, 6.45) is -1.07. The smallest absolute Gasteiger partial charge is 0.331 e. The van der Waals surface area contributed by atoms with E-state index in [1.54, 1.807) is 6.07 Å². The zero-order chi connectivity index (χ0) is 23.8. The van der Waals surface area contributed by atoms with Gasteiger partial charge in [0.15, 0.2) is 5.82 Å². The second-order valence-corrected chi connectivity index (χ2v) is 8.87.